The van der Waals surface area contributed by atoms with Gasteiger partial charge < -0.3 is 10.1 Å². The fraction of sp³-hybridized carbons (Fsp3) is 0.389. The molecule has 0 spiro atoms. The lowest BCUT2D eigenvalue weighted by atomic mass is 10.1. The van der Waals surface area contributed by atoms with Gasteiger partial charge in [-0.3, -0.25) is 14.5 Å². The Balaban J connectivity index is 1.67. The van der Waals surface area contributed by atoms with Crippen LogP contribution in [0, 0.1) is 0 Å². The molecule has 2 heterocycles. The van der Waals surface area contributed by atoms with E-state index in [2.05, 4.69) is 10.4 Å². The van der Waals surface area contributed by atoms with E-state index in [1.54, 1.807) is 24.3 Å². The summed E-state index contributed by atoms with van der Waals surface area (Å²) in [5.74, 6) is 0.389. The van der Waals surface area contributed by atoms with E-state index in [-0.39, 0.29) is 18.0 Å². The Labute approximate surface area is 156 Å². The second-order valence-corrected chi connectivity index (χ2v) is 6.56. The molecule has 26 heavy (non-hydrogen) atoms. The van der Waals surface area contributed by atoms with Crippen LogP contribution in [0.2, 0.25) is 5.02 Å². The van der Waals surface area contributed by atoms with E-state index in [0.29, 0.717) is 42.5 Å². The Bertz CT molecular complexity index is 881. The van der Waals surface area contributed by atoms with E-state index in [1.165, 1.54) is 11.8 Å². The molecule has 0 saturated heterocycles. The second-order valence-electron chi connectivity index (χ2n) is 6.12. The van der Waals surface area contributed by atoms with E-state index in [0.717, 1.165) is 11.3 Å². The zero-order valence-corrected chi connectivity index (χ0v) is 15.5. The molecule has 0 aliphatic carbocycles. The first-order valence-corrected chi connectivity index (χ1v) is 8.83. The molecular formula is C18H21ClN4O3. The summed E-state index contributed by atoms with van der Waals surface area (Å²) in [5, 5.41) is 7.74. The number of benzene rings is 1. The van der Waals surface area contributed by atoms with Gasteiger partial charge in [0.25, 0.3) is 5.56 Å². The summed E-state index contributed by atoms with van der Waals surface area (Å²) in [6.45, 7) is 3.90. The molecule has 0 bridgehead atoms. The number of nitrogens with zero attached hydrogens (tertiary/aromatic N) is 3. The summed E-state index contributed by atoms with van der Waals surface area (Å²) in [6.07, 6.45) is 0.712. The number of halogens is 1. The molecular weight excluding hydrogens is 356 g/mol. The second kappa shape index (κ2) is 7.88. The number of nitrogens with one attached hydrogen (secondary N) is 1. The van der Waals surface area contributed by atoms with Gasteiger partial charge in [0, 0.05) is 37.1 Å². The fourth-order valence-corrected chi connectivity index (χ4v) is 3.20. The van der Waals surface area contributed by atoms with Crippen LogP contribution in [0.4, 0.5) is 5.69 Å². The van der Waals surface area contributed by atoms with Crippen LogP contribution in [-0.4, -0.2) is 40.8 Å². The molecule has 0 radical (unpaired) electrons. The van der Waals surface area contributed by atoms with Gasteiger partial charge in [-0.05, 0) is 30.7 Å². The number of anilines is 1. The van der Waals surface area contributed by atoms with Crippen molar-refractivity contribution in [3.8, 4) is 5.75 Å². The summed E-state index contributed by atoms with van der Waals surface area (Å²) in [7, 11) is 1.54. The number of aryl methyl sites for hydroxylation is 1. The molecule has 7 nitrogen and oxygen atoms in total. The lowest BCUT2D eigenvalue weighted by Gasteiger charge is -2.27. The number of ether oxygens (including phenoxy) is 1. The number of amides is 1. The zero-order valence-electron chi connectivity index (χ0n) is 14.8. The van der Waals surface area contributed by atoms with Crippen molar-refractivity contribution in [1.29, 1.82) is 0 Å². The van der Waals surface area contributed by atoms with E-state index < -0.39 is 0 Å². The predicted molar refractivity (Wildman–Crippen MR) is 99.8 cm³/mol. The first kappa shape index (κ1) is 18.4. The van der Waals surface area contributed by atoms with Crippen molar-refractivity contribution in [3.63, 3.8) is 0 Å². The highest BCUT2D eigenvalue weighted by molar-refractivity contribution is 6.31. The number of hydrogen-bond acceptors (Lipinski definition) is 5. The SMILES string of the molecule is CCn1nc2c(cc1=O)CN(CC(=O)Nc1cc(Cl)ccc1OC)CC2. The molecule has 0 atom stereocenters. The molecule has 1 aromatic carbocycles. The molecule has 0 saturated carbocycles. The minimum Gasteiger partial charge on any atom is -0.495 e. The standard InChI is InChI=1S/C18H21ClN4O3/c1-3-23-18(25)8-12-10-22(7-6-14(12)21-23)11-17(24)20-15-9-13(19)4-5-16(15)26-2/h4-5,8-9H,3,6-7,10-11H2,1-2H3,(H,20,24). The molecule has 0 fully saturated rings. The Morgan fingerprint density at radius 2 is 2.19 bits per heavy atom. The number of hydrogen-bond donors (Lipinski definition) is 1. The number of carbonyl (C=O) groups is 1. The minimum absolute atomic E-state index is 0.110. The number of aromatic nitrogens is 2. The third-order valence-electron chi connectivity index (χ3n) is 4.33. The van der Waals surface area contributed by atoms with Gasteiger partial charge in [-0.15, -0.1) is 0 Å². The van der Waals surface area contributed by atoms with Gasteiger partial charge in [-0.2, -0.15) is 5.10 Å². The predicted octanol–water partition coefficient (Wildman–Crippen LogP) is 1.92. The summed E-state index contributed by atoms with van der Waals surface area (Å²) in [4.78, 5) is 26.4. The van der Waals surface area contributed by atoms with E-state index in [9.17, 15) is 9.59 Å². The fourth-order valence-electron chi connectivity index (χ4n) is 3.03. The number of methoxy groups -OCH3 is 1. The largest absolute Gasteiger partial charge is 0.495 e. The van der Waals surface area contributed by atoms with Crippen LogP contribution < -0.4 is 15.6 Å². The highest BCUT2D eigenvalue weighted by Gasteiger charge is 2.21. The molecule has 1 aliphatic rings. The quantitative estimate of drug-likeness (QED) is 0.862. The van der Waals surface area contributed by atoms with Crippen LogP contribution >= 0.6 is 11.6 Å². The van der Waals surface area contributed by atoms with Crippen LogP contribution in [0.15, 0.2) is 29.1 Å². The van der Waals surface area contributed by atoms with Gasteiger partial charge in [-0.1, -0.05) is 11.6 Å². The van der Waals surface area contributed by atoms with Crippen molar-refractivity contribution in [1.82, 2.24) is 14.7 Å². The Kier molecular flexibility index (Phi) is 5.58. The van der Waals surface area contributed by atoms with Crippen molar-refractivity contribution >= 4 is 23.2 Å². The van der Waals surface area contributed by atoms with Gasteiger partial charge in [0.05, 0.1) is 25.0 Å². The van der Waals surface area contributed by atoms with Crippen molar-refractivity contribution in [2.75, 3.05) is 25.5 Å². The van der Waals surface area contributed by atoms with E-state index >= 15 is 0 Å². The number of carbonyl (C=O) groups excluding carboxylic acids is 1. The highest BCUT2D eigenvalue weighted by atomic mass is 35.5. The Morgan fingerprint density at radius 1 is 1.38 bits per heavy atom. The lowest BCUT2D eigenvalue weighted by Crippen LogP contribution is -2.39. The Morgan fingerprint density at radius 3 is 2.92 bits per heavy atom. The molecule has 0 unspecified atom stereocenters. The molecule has 1 amide bonds. The highest BCUT2D eigenvalue weighted by Crippen LogP contribution is 2.27. The van der Waals surface area contributed by atoms with Crippen LogP contribution in [0.1, 0.15) is 18.2 Å². The maximum atomic E-state index is 12.4. The normalized spacial score (nSPS) is 14.0. The molecule has 138 valence electrons. The maximum absolute atomic E-state index is 12.4. The molecule has 1 aromatic heterocycles. The monoisotopic (exact) mass is 376 g/mol. The molecule has 1 N–H and O–H groups in total. The maximum Gasteiger partial charge on any atom is 0.267 e. The topological polar surface area (TPSA) is 76.5 Å². The molecule has 1 aliphatic heterocycles. The Hall–Kier alpha value is -2.38. The molecule has 3 rings (SSSR count). The molecule has 2 aromatic rings. The van der Waals surface area contributed by atoms with Crippen molar-refractivity contribution in [2.24, 2.45) is 0 Å². The summed E-state index contributed by atoms with van der Waals surface area (Å²) >= 11 is 5.99. The van der Waals surface area contributed by atoms with Gasteiger partial charge in [0.2, 0.25) is 5.91 Å². The smallest absolute Gasteiger partial charge is 0.267 e. The van der Waals surface area contributed by atoms with Crippen molar-refractivity contribution in [2.45, 2.75) is 26.4 Å². The summed E-state index contributed by atoms with van der Waals surface area (Å²) < 4.78 is 6.71. The van der Waals surface area contributed by atoms with Gasteiger partial charge in [0.1, 0.15) is 5.75 Å². The first-order chi connectivity index (χ1) is 12.5. The third kappa shape index (κ3) is 4.05. The van der Waals surface area contributed by atoms with Crippen molar-refractivity contribution < 1.29 is 9.53 Å². The number of fused-ring (bicyclic) bond motifs is 1. The van der Waals surface area contributed by atoms with E-state index in [4.69, 9.17) is 16.3 Å². The average molecular weight is 377 g/mol. The van der Waals surface area contributed by atoms with Crippen LogP contribution in [0.25, 0.3) is 0 Å². The van der Waals surface area contributed by atoms with Crippen LogP contribution in [-0.2, 0) is 24.3 Å². The van der Waals surface area contributed by atoms with Gasteiger partial charge in [-0.25, -0.2) is 4.68 Å². The number of rotatable bonds is 5. The van der Waals surface area contributed by atoms with Crippen LogP contribution in [0.5, 0.6) is 5.75 Å². The van der Waals surface area contributed by atoms with Crippen molar-refractivity contribution in [3.05, 3.63) is 50.9 Å². The zero-order chi connectivity index (χ0) is 18.7. The van der Waals surface area contributed by atoms with Gasteiger partial charge in [0.15, 0.2) is 0 Å². The van der Waals surface area contributed by atoms with E-state index in [1.807, 2.05) is 11.8 Å². The minimum atomic E-state index is -0.163. The first-order valence-electron chi connectivity index (χ1n) is 8.45. The molecule has 8 heteroatoms. The third-order valence-corrected chi connectivity index (χ3v) is 4.56. The average Bonchev–Trinajstić information content (AvgIpc) is 2.61. The summed E-state index contributed by atoms with van der Waals surface area (Å²) in [6, 6.07) is 6.68. The summed E-state index contributed by atoms with van der Waals surface area (Å²) in [5.41, 5.74) is 2.25. The lowest BCUT2D eigenvalue weighted by molar-refractivity contribution is -0.117. The van der Waals surface area contributed by atoms with Crippen LogP contribution in [0.3, 0.4) is 0 Å². The van der Waals surface area contributed by atoms with Gasteiger partial charge >= 0.3 is 0 Å².